The highest BCUT2D eigenvalue weighted by molar-refractivity contribution is 5.95. The highest BCUT2D eigenvalue weighted by Crippen LogP contribution is 2.21. The summed E-state index contributed by atoms with van der Waals surface area (Å²) in [5.41, 5.74) is 0.549. The van der Waals surface area contributed by atoms with E-state index in [-0.39, 0.29) is 23.5 Å². The number of rotatable bonds is 4. The molecule has 2 rings (SSSR count). The Hall–Kier alpha value is -3.16. The van der Waals surface area contributed by atoms with E-state index in [0.29, 0.717) is 5.69 Å². The molecular weight excluding hydrogens is 276 g/mol. The molecule has 2 amide bonds. The van der Waals surface area contributed by atoms with Crippen LogP contribution in [0.4, 0.5) is 10.5 Å². The first-order valence-electron chi connectivity index (χ1n) is 5.94. The van der Waals surface area contributed by atoms with Gasteiger partial charge >= 0.3 is 12.0 Å². The predicted molar refractivity (Wildman–Crippen MR) is 73.0 cm³/mol. The quantitative estimate of drug-likeness (QED) is 0.627. The van der Waals surface area contributed by atoms with E-state index < -0.39 is 12.0 Å². The summed E-state index contributed by atoms with van der Waals surface area (Å²) < 4.78 is 0. The zero-order chi connectivity index (χ0) is 15.2. The Morgan fingerprint density at radius 1 is 1.24 bits per heavy atom. The predicted octanol–water partition coefficient (Wildman–Crippen LogP) is 1.20. The number of anilines is 1. The van der Waals surface area contributed by atoms with Crippen molar-refractivity contribution in [2.24, 2.45) is 0 Å². The van der Waals surface area contributed by atoms with Crippen LogP contribution in [0.3, 0.4) is 0 Å². The van der Waals surface area contributed by atoms with Crippen molar-refractivity contribution in [1.82, 2.24) is 15.5 Å². The molecule has 1 heterocycles. The molecule has 1 aromatic carbocycles. The Morgan fingerprint density at radius 3 is 2.71 bits per heavy atom. The molecular formula is C13H12N4O4. The summed E-state index contributed by atoms with van der Waals surface area (Å²) >= 11 is 0. The Bertz CT molecular complexity index is 660. The highest BCUT2D eigenvalue weighted by atomic mass is 16.4. The van der Waals surface area contributed by atoms with Gasteiger partial charge < -0.3 is 20.8 Å². The monoisotopic (exact) mass is 288 g/mol. The molecule has 0 aliphatic heterocycles. The van der Waals surface area contributed by atoms with Gasteiger partial charge in [0.25, 0.3) is 0 Å². The third kappa shape index (κ3) is 3.90. The lowest BCUT2D eigenvalue weighted by Crippen LogP contribution is -2.28. The van der Waals surface area contributed by atoms with Gasteiger partial charge in [-0.05, 0) is 30.3 Å². The second-order valence-corrected chi connectivity index (χ2v) is 4.06. The van der Waals surface area contributed by atoms with Crippen LogP contribution in [0.1, 0.15) is 16.1 Å². The maximum atomic E-state index is 11.7. The highest BCUT2D eigenvalue weighted by Gasteiger charge is 2.11. The van der Waals surface area contributed by atoms with E-state index in [0.717, 1.165) is 0 Å². The number of aromatic carboxylic acids is 1. The van der Waals surface area contributed by atoms with Crippen LogP contribution in [0.25, 0.3) is 0 Å². The van der Waals surface area contributed by atoms with Gasteiger partial charge in [0.2, 0.25) is 0 Å². The Balaban J connectivity index is 1.97. The van der Waals surface area contributed by atoms with Crippen molar-refractivity contribution in [1.29, 1.82) is 0 Å². The molecule has 1 aromatic heterocycles. The number of amides is 2. The number of aromatic nitrogens is 2. The van der Waals surface area contributed by atoms with Crippen LogP contribution in [0, 0.1) is 0 Å². The molecule has 0 aliphatic carbocycles. The van der Waals surface area contributed by atoms with Crippen molar-refractivity contribution < 1.29 is 19.8 Å². The summed E-state index contributed by atoms with van der Waals surface area (Å²) in [6.45, 7) is 0.184. The van der Waals surface area contributed by atoms with Gasteiger partial charge in [-0.3, -0.25) is 0 Å². The number of carboxylic acid groups (broad SMARTS) is 1. The standard InChI is InChI=1S/C13H12N4O4/c18-11-4-3-8(6-10(11)12(19)20)16-13(21)14-7-9-2-1-5-15-17-9/h1-6,18H,7H2,(H,19,20)(H2,14,16,21). The smallest absolute Gasteiger partial charge is 0.339 e. The minimum atomic E-state index is -1.28. The van der Waals surface area contributed by atoms with Crippen LogP contribution in [0.15, 0.2) is 36.5 Å². The number of benzene rings is 1. The Kier molecular flexibility index (Phi) is 4.30. The third-order valence-electron chi connectivity index (χ3n) is 2.54. The molecule has 0 unspecified atom stereocenters. The van der Waals surface area contributed by atoms with Crippen LogP contribution in [0.5, 0.6) is 5.75 Å². The number of hydrogen-bond acceptors (Lipinski definition) is 5. The van der Waals surface area contributed by atoms with E-state index in [1.165, 1.54) is 24.4 Å². The SMILES string of the molecule is O=C(NCc1cccnn1)Nc1ccc(O)c(C(=O)O)c1. The van der Waals surface area contributed by atoms with Crippen molar-refractivity contribution >= 4 is 17.7 Å². The molecule has 0 bridgehead atoms. The Labute approximate surface area is 119 Å². The molecule has 0 saturated heterocycles. The Morgan fingerprint density at radius 2 is 2.05 bits per heavy atom. The number of phenols is 1. The summed E-state index contributed by atoms with van der Waals surface area (Å²) in [6, 6.07) is 6.63. The van der Waals surface area contributed by atoms with E-state index in [2.05, 4.69) is 20.8 Å². The van der Waals surface area contributed by atoms with Crippen molar-refractivity contribution in [2.45, 2.75) is 6.54 Å². The molecule has 21 heavy (non-hydrogen) atoms. The van der Waals surface area contributed by atoms with Crippen LogP contribution >= 0.6 is 0 Å². The number of aromatic hydroxyl groups is 1. The fraction of sp³-hybridized carbons (Fsp3) is 0.0769. The molecule has 0 saturated carbocycles. The first kappa shape index (κ1) is 14.3. The van der Waals surface area contributed by atoms with Crippen LogP contribution in [-0.2, 0) is 6.54 Å². The summed E-state index contributed by atoms with van der Waals surface area (Å²) in [5.74, 6) is -1.65. The fourth-order valence-electron chi connectivity index (χ4n) is 1.56. The van der Waals surface area contributed by atoms with E-state index in [4.69, 9.17) is 5.11 Å². The maximum absolute atomic E-state index is 11.7. The van der Waals surface area contributed by atoms with Gasteiger partial charge in [0, 0.05) is 11.9 Å². The number of urea groups is 1. The summed E-state index contributed by atoms with van der Waals surface area (Å²) in [7, 11) is 0. The molecule has 2 aromatic rings. The normalized spacial score (nSPS) is 9.90. The lowest BCUT2D eigenvalue weighted by Gasteiger charge is -2.08. The molecule has 0 atom stereocenters. The van der Waals surface area contributed by atoms with E-state index >= 15 is 0 Å². The summed E-state index contributed by atoms with van der Waals surface area (Å²) in [6.07, 6.45) is 1.52. The van der Waals surface area contributed by atoms with Gasteiger partial charge in [0.1, 0.15) is 11.3 Å². The average Bonchev–Trinajstić information content (AvgIpc) is 2.48. The molecule has 0 radical (unpaired) electrons. The van der Waals surface area contributed by atoms with Crippen LogP contribution in [0.2, 0.25) is 0 Å². The van der Waals surface area contributed by atoms with Gasteiger partial charge in [0.15, 0.2) is 0 Å². The number of carbonyl (C=O) groups excluding carboxylic acids is 1. The number of nitrogens with one attached hydrogen (secondary N) is 2. The summed E-state index contributed by atoms with van der Waals surface area (Å²) in [5, 5.41) is 30.7. The zero-order valence-corrected chi connectivity index (χ0v) is 10.8. The number of hydrogen-bond donors (Lipinski definition) is 4. The first-order chi connectivity index (χ1) is 10.1. The largest absolute Gasteiger partial charge is 0.507 e. The van der Waals surface area contributed by atoms with Gasteiger partial charge in [-0.2, -0.15) is 10.2 Å². The van der Waals surface area contributed by atoms with Crippen LogP contribution < -0.4 is 10.6 Å². The lowest BCUT2D eigenvalue weighted by atomic mass is 10.2. The number of nitrogens with zero attached hydrogens (tertiary/aromatic N) is 2. The van der Waals surface area contributed by atoms with Crippen molar-refractivity contribution in [3.8, 4) is 5.75 Å². The molecule has 4 N–H and O–H groups in total. The zero-order valence-electron chi connectivity index (χ0n) is 10.8. The third-order valence-corrected chi connectivity index (χ3v) is 2.54. The second-order valence-electron chi connectivity index (χ2n) is 4.06. The fourth-order valence-corrected chi connectivity index (χ4v) is 1.56. The first-order valence-corrected chi connectivity index (χ1v) is 5.94. The van der Waals surface area contributed by atoms with Crippen molar-refractivity contribution in [3.63, 3.8) is 0 Å². The van der Waals surface area contributed by atoms with Gasteiger partial charge in [-0.1, -0.05) is 0 Å². The minimum Gasteiger partial charge on any atom is -0.507 e. The molecule has 8 heteroatoms. The van der Waals surface area contributed by atoms with Crippen molar-refractivity contribution in [2.75, 3.05) is 5.32 Å². The van der Waals surface area contributed by atoms with Gasteiger partial charge in [-0.15, -0.1) is 0 Å². The van der Waals surface area contributed by atoms with E-state index in [1.807, 2.05) is 0 Å². The van der Waals surface area contributed by atoms with Gasteiger partial charge in [0.05, 0.1) is 12.2 Å². The van der Waals surface area contributed by atoms with E-state index in [9.17, 15) is 14.7 Å². The van der Waals surface area contributed by atoms with E-state index in [1.54, 1.807) is 12.1 Å². The second kappa shape index (κ2) is 6.33. The lowest BCUT2D eigenvalue weighted by molar-refractivity contribution is 0.0693. The topological polar surface area (TPSA) is 124 Å². The molecule has 108 valence electrons. The summed E-state index contributed by atoms with van der Waals surface area (Å²) in [4.78, 5) is 22.5. The molecule has 8 nitrogen and oxygen atoms in total. The number of carboxylic acids is 1. The molecule has 0 spiro atoms. The molecule has 0 aliphatic rings. The maximum Gasteiger partial charge on any atom is 0.339 e. The van der Waals surface area contributed by atoms with Crippen LogP contribution in [-0.4, -0.2) is 32.4 Å². The average molecular weight is 288 g/mol. The molecule has 0 fully saturated rings. The van der Waals surface area contributed by atoms with Crippen molar-refractivity contribution in [3.05, 3.63) is 47.8 Å². The van der Waals surface area contributed by atoms with Gasteiger partial charge in [-0.25, -0.2) is 9.59 Å². The minimum absolute atomic E-state index is 0.184. The number of carbonyl (C=O) groups is 2.